The van der Waals surface area contributed by atoms with Crippen LogP contribution in [-0.2, 0) is 33.4 Å². The second kappa shape index (κ2) is 7.42. The van der Waals surface area contributed by atoms with Crippen molar-refractivity contribution < 1.29 is 33.4 Å². The second-order valence-electron chi connectivity index (χ2n) is 8.65. The number of ether oxygens (including phenoxy) is 4. The van der Waals surface area contributed by atoms with Crippen molar-refractivity contribution >= 4 is 11.9 Å². The van der Waals surface area contributed by atoms with Gasteiger partial charge in [0.1, 0.15) is 18.1 Å². The van der Waals surface area contributed by atoms with Crippen LogP contribution in [0.15, 0.2) is 0 Å². The number of carbonyl (C=O) groups excluding carboxylic acids is 2. The number of rotatable bonds is 4. The summed E-state index contributed by atoms with van der Waals surface area (Å²) in [5.41, 5.74) is -0.864. The zero-order chi connectivity index (χ0) is 19.9. The minimum absolute atomic E-state index is 0.315. The summed E-state index contributed by atoms with van der Waals surface area (Å²) in [4.78, 5) is 30.3. The smallest absolute Gasteiger partial charge is 0.338 e. The highest BCUT2D eigenvalue weighted by Gasteiger charge is 2.61. The summed E-state index contributed by atoms with van der Waals surface area (Å²) < 4.78 is 22.1. The Kier molecular flexibility index (Phi) is 6.02. The summed E-state index contributed by atoms with van der Waals surface area (Å²) in [5, 5.41) is 1.61. The van der Waals surface area contributed by atoms with Gasteiger partial charge in [0, 0.05) is 0 Å². The topological polar surface area (TPSA) is 83.5 Å². The van der Waals surface area contributed by atoms with Crippen LogP contribution in [0.5, 0.6) is 0 Å². The fraction of sp³-hybridized carbons (Fsp3) is 0.889. The van der Waals surface area contributed by atoms with E-state index >= 15 is 0 Å². The Balaban J connectivity index is 2.37. The molecule has 0 aromatic rings. The summed E-state index contributed by atoms with van der Waals surface area (Å²) in [6, 6.07) is -0.502. The Labute approximate surface area is 155 Å². The molecular formula is C18H31NO7. The van der Waals surface area contributed by atoms with Crippen molar-refractivity contribution in [3.05, 3.63) is 0 Å². The van der Waals surface area contributed by atoms with E-state index in [9.17, 15) is 9.59 Å². The summed E-state index contributed by atoms with van der Waals surface area (Å²) in [5.74, 6) is -2.00. The highest BCUT2D eigenvalue weighted by atomic mass is 16.7. The number of hydrogen-bond donors (Lipinski definition) is 0. The van der Waals surface area contributed by atoms with Crippen LogP contribution in [0.1, 0.15) is 41.5 Å². The van der Waals surface area contributed by atoms with Crippen molar-refractivity contribution in [3.63, 3.8) is 0 Å². The Morgan fingerprint density at radius 3 is 1.92 bits per heavy atom. The number of nitrogens with zero attached hydrogens (tertiary/aromatic N) is 1. The minimum Gasteiger partial charge on any atom is -0.469 e. The van der Waals surface area contributed by atoms with Gasteiger partial charge < -0.3 is 18.9 Å². The number of methoxy groups -OCH3 is 2. The maximum Gasteiger partial charge on any atom is 0.338 e. The lowest BCUT2D eigenvalue weighted by Gasteiger charge is -2.35. The lowest BCUT2D eigenvalue weighted by atomic mass is 9.90. The molecule has 0 radical (unpaired) electrons. The first-order chi connectivity index (χ1) is 11.9. The van der Waals surface area contributed by atoms with Crippen molar-refractivity contribution in [3.8, 4) is 0 Å². The Morgan fingerprint density at radius 1 is 0.923 bits per heavy atom. The van der Waals surface area contributed by atoms with E-state index in [4.69, 9.17) is 23.8 Å². The molecule has 2 rings (SSSR count). The monoisotopic (exact) mass is 373 g/mol. The summed E-state index contributed by atoms with van der Waals surface area (Å²) in [6.07, 6.45) is -1.84. The molecule has 2 aliphatic heterocycles. The molecule has 8 nitrogen and oxygen atoms in total. The highest BCUT2D eigenvalue weighted by Crippen LogP contribution is 2.41. The Hall–Kier alpha value is -1.22. The number of carbonyl (C=O) groups is 2. The molecule has 0 spiro atoms. The number of hydrogen-bond acceptors (Lipinski definition) is 8. The average Bonchev–Trinajstić information content (AvgIpc) is 3.00. The quantitative estimate of drug-likeness (QED) is 0.682. The molecule has 0 amide bonds. The van der Waals surface area contributed by atoms with E-state index in [1.54, 1.807) is 5.06 Å². The normalized spacial score (nSPS) is 32.4. The van der Waals surface area contributed by atoms with Crippen molar-refractivity contribution in [2.24, 2.45) is 5.92 Å². The Bertz CT molecular complexity index is 537. The van der Waals surface area contributed by atoms with Gasteiger partial charge in [0.05, 0.1) is 38.0 Å². The third-order valence-electron chi connectivity index (χ3n) is 4.24. The first kappa shape index (κ1) is 21.1. The van der Waals surface area contributed by atoms with Gasteiger partial charge in [0.15, 0.2) is 6.10 Å². The molecular weight excluding hydrogens is 342 g/mol. The lowest BCUT2D eigenvalue weighted by Crippen LogP contribution is -2.49. The molecule has 0 aromatic carbocycles. The van der Waals surface area contributed by atoms with Gasteiger partial charge in [-0.05, 0) is 41.5 Å². The molecule has 8 heteroatoms. The van der Waals surface area contributed by atoms with E-state index in [0.717, 1.165) is 0 Å². The van der Waals surface area contributed by atoms with Crippen molar-refractivity contribution in [1.29, 1.82) is 0 Å². The number of fused-ring (bicyclic) bond motifs is 1. The van der Waals surface area contributed by atoms with Crippen molar-refractivity contribution in [2.75, 3.05) is 20.8 Å². The molecule has 0 bridgehead atoms. The SMILES string of the molecule is COC(=O)[C@H]1[C@@H]2[C@@H](OC(C)(C)C)[C@H](OC(C)(C)C)CN2O[C@H]1C(=O)OC. The number of hydroxylamine groups is 2. The standard InChI is InChI=1S/C18H31NO7/c1-17(2,3)24-10-9-19-12(13(10)25-18(4,5)6)11(15(20)22-7)14(26-19)16(21)23-8/h10-14H,9H2,1-8H3/t10-,11+,12-,13+,14-/m1/s1. The van der Waals surface area contributed by atoms with Gasteiger partial charge in [-0.1, -0.05) is 0 Å². The van der Waals surface area contributed by atoms with Gasteiger partial charge >= 0.3 is 11.9 Å². The van der Waals surface area contributed by atoms with Crippen LogP contribution in [0.25, 0.3) is 0 Å². The van der Waals surface area contributed by atoms with Gasteiger partial charge in [-0.25, -0.2) is 4.79 Å². The molecule has 26 heavy (non-hydrogen) atoms. The predicted molar refractivity (Wildman–Crippen MR) is 92.1 cm³/mol. The zero-order valence-corrected chi connectivity index (χ0v) is 16.9. The van der Waals surface area contributed by atoms with E-state index < -0.39 is 47.3 Å². The molecule has 2 fully saturated rings. The fourth-order valence-corrected chi connectivity index (χ4v) is 3.49. The van der Waals surface area contributed by atoms with E-state index in [1.165, 1.54) is 14.2 Å². The zero-order valence-electron chi connectivity index (χ0n) is 16.9. The van der Waals surface area contributed by atoms with Crippen LogP contribution < -0.4 is 0 Å². The summed E-state index contributed by atoms with van der Waals surface area (Å²) in [7, 11) is 2.55. The first-order valence-corrected chi connectivity index (χ1v) is 8.82. The van der Waals surface area contributed by atoms with Crippen LogP contribution >= 0.6 is 0 Å². The maximum absolute atomic E-state index is 12.5. The molecule has 2 heterocycles. The average molecular weight is 373 g/mol. The summed E-state index contributed by atoms with van der Waals surface area (Å²) >= 11 is 0. The third-order valence-corrected chi connectivity index (χ3v) is 4.24. The predicted octanol–water partition coefficient (Wildman–Crippen LogP) is 1.31. The number of esters is 2. The van der Waals surface area contributed by atoms with E-state index in [2.05, 4.69) is 0 Å². The molecule has 0 aromatic heterocycles. The highest BCUT2D eigenvalue weighted by molar-refractivity contribution is 5.85. The molecule has 2 aliphatic rings. The largest absolute Gasteiger partial charge is 0.469 e. The second-order valence-corrected chi connectivity index (χ2v) is 8.65. The fourth-order valence-electron chi connectivity index (χ4n) is 3.49. The minimum atomic E-state index is -1.06. The molecule has 150 valence electrons. The van der Waals surface area contributed by atoms with Crippen molar-refractivity contribution in [2.45, 2.75) is 77.1 Å². The van der Waals surface area contributed by atoms with Crippen LogP contribution in [0, 0.1) is 5.92 Å². The van der Waals surface area contributed by atoms with Crippen LogP contribution in [0.3, 0.4) is 0 Å². The van der Waals surface area contributed by atoms with Crippen LogP contribution in [-0.4, -0.2) is 73.3 Å². The maximum atomic E-state index is 12.5. The lowest BCUT2D eigenvalue weighted by molar-refractivity contribution is -0.189. The van der Waals surface area contributed by atoms with E-state index in [0.29, 0.717) is 6.54 Å². The van der Waals surface area contributed by atoms with Gasteiger partial charge in [0.25, 0.3) is 0 Å². The van der Waals surface area contributed by atoms with Gasteiger partial charge in [-0.15, -0.1) is 0 Å². The molecule has 0 unspecified atom stereocenters. The molecule has 2 saturated heterocycles. The molecule has 0 N–H and O–H groups in total. The van der Waals surface area contributed by atoms with E-state index in [-0.39, 0.29) is 6.10 Å². The van der Waals surface area contributed by atoms with Crippen LogP contribution in [0.2, 0.25) is 0 Å². The van der Waals surface area contributed by atoms with Crippen molar-refractivity contribution in [1.82, 2.24) is 5.06 Å². The van der Waals surface area contributed by atoms with Gasteiger partial charge in [-0.3, -0.25) is 9.63 Å². The van der Waals surface area contributed by atoms with Gasteiger partial charge in [-0.2, -0.15) is 5.06 Å². The first-order valence-electron chi connectivity index (χ1n) is 8.82. The third kappa shape index (κ3) is 4.54. The molecule has 0 aliphatic carbocycles. The van der Waals surface area contributed by atoms with Gasteiger partial charge in [0.2, 0.25) is 0 Å². The van der Waals surface area contributed by atoms with Crippen LogP contribution in [0.4, 0.5) is 0 Å². The van der Waals surface area contributed by atoms with E-state index in [1.807, 2.05) is 41.5 Å². The summed E-state index contributed by atoms with van der Waals surface area (Å²) in [6.45, 7) is 12.1. The molecule has 0 saturated carbocycles. The Morgan fingerprint density at radius 2 is 1.46 bits per heavy atom. The molecule has 5 atom stereocenters.